The Kier molecular flexibility index (Phi) is 3.52. The standard InChI is InChI=1S/C11H9N3O4S/c1-18-9-6(3-2-4-7(9)14(16)17)5-8-10(15)13-11(12)19-8/h2-5H,1H3,(H2,12,13,15)/b8-5+. The molecule has 8 heteroatoms. The highest BCUT2D eigenvalue weighted by Crippen LogP contribution is 2.34. The van der Waals surface area contributed by atoms with Crippen LogP contribution in [0.3, 0.4) is 0 Å². The second-order valence-corrected chi connectivity index (χ2v) is 4.58. The molecule has 0 fully saturated rings. The number of hydrogen-bond donors (Lipinski definition) is 1. The topological polar surface area (TPSA) is 108 Å². The number of hydrogen-bond acceptors (Lipinski definition) is 6. The van der Waals surface area contributed by atoms with Gasteiger partial charge < -0.3 is 10.5 Å². The lowest BCUT2D eigenvalue weighted by molar-refractivity contribution is -0.385. The van der Waals surface area contributed by atoms with Crippen molar-refractivity contribution in [2.45, 2.75) is 0 Å². The van der Waals surface area contributed by atoms with E-state index in [1.807, 2.05) is 0 Å². The van der Waals surface area contributed by atoms with Gasteiger partial charge >= 0.3 is 5.69 Å². The van der Waals surface area contributed by atoms with Crippen LogP contribution in [0.2, 0.25) is 0 Å². The van der Waals surface area contributed by atoms with Crippen LogP contribution in [0.4, 0.5) is 5.69 Å². The molecule has 1 heterocycles. The Labute approximate surface area is 112 Å². The molecule has 98 valence electrons. The predicted octanol–water partition coefficient (Wildman–Crippen LogP) is 1.53. The Morgan fingerprint density at radius 3 is 2.79 bits per heavy atom. The summed E-state index contributed by atoms with van der Waals surface area (Å²) >= 11 is 1.02. The number of rotatable bonds is 3. The smallest absolute Gasteiger partial charge is 0.311 e. The average Bonchev–Trinajstić information content (AvgIpc) is 2.67. The van der Waals surface area contributed by atoms with Crippen molar-refractivity contribution in [3.63, 3.8) is 0 Å². The van der Waals surface area contributed by atoms with Crippen LogP contribution in [0.5, 0.6) is 5.75 Å². The molecule has 0 bridgehead atoms. The second kappa shape index (κ2) is 5.11. The van der Waals surface area contributed by atoms with Crippen molar-refractivity contribution in [3.8, 4) is 5.75 Å². The van der Waals surface area contributed by atoms with Crippen molar-refractivity contribution in [1.82, 2.24) is 0 Å². The molecule has 1 aliphatic heterocycles. The molecule has 0 aliphatic carbocycles. The predicted molar refractivity (Wildman–Crippen MR) is 71.8 cm³/mol. The van der Waals surface area contributed by atoms with Crippen molar-refractivity contribution in [1.29, 1.82) is 0 Å². The summed E-state index contributed by atoms with van der Waals surface area (Å²) in [5.74, 6) is -0.366. The lowest BCUT2D eigenvalue weighted by atomic mass is 10.1. The van der Waals surface area contributed by atoms with Gasteiger partial charge in [0.05, 0.1) is 16.9 Å². The van der Waals surface area contributed by atoms with E-state index in [0.29, 0.717) is 10.5 Å². The molecule has 0 spiro atoms. The highest BCUT2D eigenvalue weighted by molar-refractivity contribution is 8.18. The lowest BCUT2D eigenvalue weighted by Crippen LogP contribution is -2.01. The second-order valence-electron chi connectivity index (χ2n) is 3.52. The minimum atomic E-state index is -0.546. The van der Waals surface area contributed by atoms with Gasteiger partial charge in [-0.3, -0.25) is 14.9 Å². The molecule has 0 atom stereocenters. The number of benzene rings is 1. The molecule has 2 N–H and O–H groups in total. The van der Waals surface area contributed by atoms with Gasteiger partial charge in [0.15, 0.2) is 5.17 Å². The molecule has 1 aromatic rings. The molecular weight excluding hydrogens is 270 g/mol. The molecule has 0 saturated heterocycles. The summed E-state index contributed by atoms with van der Waals surface area (Å²) in [4.78, 5) is 25.7. The van der Waals surface area contributed by atoms with E-state index in [9.17, 15) is 14.9 Å². The lowest BCUT2D eigenvalue weighted by Gasteiger charge is -2.05. The number of nitro groups is 1. The number of para-hydroxylation sites is 1. The zero-order valence-corrected chi connectivity index (χ0v) is 10.6. The number of methoxy groups -OCH3 is 1. The molecule has 2 rings (SSSR count). The number of thioether (sulfide) groups is 1. The molecule has 0 radical (unpaired) electrons. The number of nitrogens with two attached hydrogens (primary N) is 1. The fraction of sp³-hybridized carbons (Fsp3) is 0.0909. The minimum Gasteiger partial charge on any atom is -0.490 e. The summed E-state index contributed by atoms with van der Waals surface area (Å²) in [7, 11) is 1.33. The molecule has 19 heavy (non-hydrogen) atoms. The van der Waals surface area contributed by atoms with Crippen LogP contribution >= 0.6 is 11.8 Å². The van der Waals surface area contributed by atoms with Crippen LogP contribution in [-0.4, -0.2) is 23.1 Å². The van der Waals surface area contributed by atoms with E-state index in [4.69, 9.17) is 10.5 Å². The average molecular weight is 279 g/mol. The maximum Gasteiger partial charge on any atom is 0.311 e. The number of nitro benzene ring substituents is 1. The van der Waals surface area contributed by atoms with Crippen LogP contribution in [0.25, 0.3) is 6.08 Å². The molecular formula is C11H9N3O4S. The Bertz CT molecular complexity index is 624. The summed E-state index contributed by atoms with van der Waals surface area (Å²) in [6, 6.07) is 4.46. The number of carbonyl (C=O) groups is 1. The molecule has 0 saturated carbocycles. The highest BCUT2D eigenvalue weighted by atomic mass is 32.2. The van der Waals surface area contributed by atoms with Gasteiger partial charge in [0.2, 0.25) is 5.75 Å². The van der Waals surface area contributed by atoms with E-state index in [1.54, 1.807) is 6.07 Å². The van der Waals surface area contributed by atoms with Crippen LogP contribution in [0.1, 0.15) is 5.56 Å². The van der Waals surface area contributed by atoms with Gasteiger partial charge in [-0.15, -0.1) is 0 Å². The molecule has 1 aromatic carbocycles. The SMILES string of the molecule is COc1c(/C=C2/SC(N)=NC2=O)cccc1[N+](=O)[O-]. The monoisotopic (exact) mass is 279 g/mol. The molecule has 1 aliphatic rings. The Hall–Kier alpha value is -2.35. The van der Waals surface area contributed by atoms with Crippen LogP contribution < -0.4 is 10.5 Å². The van der Waals surface area contributed by atoms with E-state index in [-0.39, 0.29) is 16.6 Å². The molecule has 7 nitrogen and oxygen atoms in total. The third-order valence-electron chi connectivity index (χ3n) is 2.35. The summed E-state index contributed by atoms with van der Waals surface area (Å²) in [5.41, 5.74) is 5.69. The van der Waals surface area contributed by atoms with Gasteiger partial charge in [0, 0.05) is 11.6 Å². The highest BCUT2D eigenvalue weighted by Gasteiger charge is 2.22. The first-order valence-corrected chi connectivity index (χ1v) is 5.94. The van der Waals surface area contributed by atoms with E-state index >= 15 is 0 Å². The first-order valence-electron chi connectivity index (χ1n) is 5.12. The number of amides is 1. The van der Waals surface area contributed by atoms with Crippen molar-refractivity contribution in [2.75, 3.05) is 7.11 Å². The number of nitrogens with zero attached hydrogens (tertiary/aromatic N) is 2. The number of carbonyl (C=O) groups excluding carboxylic acids is 1. The van der Waals surface area contributed by atoms with Crippen molar-refractivity contribution < 1.29 is 14.5 Å². The van der Waals surface area contributed by atoms with E-state index in [2.05, 4.69) is 4.99 Å². The summed E-state index contributed by atoms with van der Waals surface area (Å²) in [6.45, 7) is 0. The zero-order valence-electron chi connectivity index (χ0n) is 9.82. The van der Waals surface area contributed by atoms with Crippen molar-refractivity contribution in [3.05, 3.63) is 38.8 Å². The van der Waals surface area contributed by atoms with Crippen molar-refractivity contribution >= 4 is 34.6 Å². The maximum absolute atomic E-state index is 11.5. The summed E-state index contributed by atoms with van der Waals surface area (Å²) in [6.07, 6.45) is 1.47. The van der Waals surface area contributed by atoms with Gasteiger partial charge in [-0.05, 0) is 17.8 Å². The van der Waals surface area contributed by atoms with Crippen LogP contribution in [0, 0.1) is 10.1 Å². The van der Waals surface area contributed by atoms with Gasteiger partial charge in [-0.1, -0.05) is 12.1 Å². The third kappa shape index (κ3) is 2.58. The van der Waals surface area contributed by atoms with Gasteiger partial charge in [-0.2, -0.15) is 4.99 Å². The summed E-state index contributed by atoms with van der Waals surface area (Å²) in [5, 5.41) is 11.0. The third-order valence-corrected chi connectivity index (χ3v) is 3.16. The van der Waals surface area contributed by atoms with Crippen LogP contribution in [-0.2, 0) is 4.79 Å². The molecule has 0 unspecified atom stereocenters. The number of ether oxygens (including phenoxy) is 1. The molecule has 1 amide bonds. The van der Waals surface area contributed by atoms with Gasteiger partial charge in [0.1, 0.15) is 0 Å². The normalized spacial score (nSPS) is 16.6. The Balaban J connectivity index is 2.47. The Morgan fingerprint density at radius 1 is 1.53 bits per heavy atom. The fourth-order valence-corrected chi connectivity index (χ4v) is 2.26. The van der Waals surface area contributed by atoms with Gasteiger partial charge in [0.25, 0.3) is 5.91 Å². The zero-order chi connectivity index (χ0) is 14.0. The first-order chi connectivity index (χ1) is 9.02. The number of amidine groups is 1. The minimum absolute atomic E-state index is 0.0962. The number of aliphatic imine (C=N–C) groups is 1. The fourth-order valence-electron chi connectivity index (χ4n) is 1.59. The van der Waals surface area contributed by atoms with Crippen LogP contribution in [0.15, 0.2) is 28.1 Å². The van der Waals surface area contributed by atoms with E-state index < -0.39 is 10.8 Å². The summed E-state index contributed by atoms with van der Waals surface area (Å²) < 4.78 is 5.03. The first kappa shape index (κ1) is 13.1. The van der Waals surface area contributed by atoms with E-state index in [1.165, 1.54) is 25.3 Å². The largest absolute Gasteiger partial charge is 0.490 e. The quantitative estimate of drug-likeness (QED) is 0.510. The Morgan fingerprint density at radius 2 is 2.26 bits per heavy atom. The van der Waals surface area contributed by atoms with Crippen molar-refractivity contribution in [2.24, 2.45) is 10.7 Å². The maximum atomic E-state index is 11.5. The van der Waals surface area contributed by atoms with E-state index in [0.717, 1.165) is 11.8 Å². The molecule has 0 aromatic heterocycles. The van der Waals surface area contributed by atoms with Gasteiger partial charge in [-0.25, -0.2) is 0 Å².